The van der Waals surface area contributed by atoms with Crippen molar-refractivity contribution in [3.05, 3.63) is 45.4 Å². The molecule has 20 heavy (non-hydrogen) atoms. The van der Waals surface area contributed by atoms with Crippen LogP contribution in [0.5, 0.6) is 5.75 Å². The van der Waals surface area contributed by atoms with Crippen molar-refractivity contribution in [2.24, 2.45) is 12.8 Å². The van der Waals surface area contributed by atoms with Crippen molar-refractivity contribution >= 4 is 15.9 Å². The van der Waals surface area contributed by atoms with Crippen molar-refractivity contribution in [1.29, 1.82) is 0 Å². The van der Waals surface area contributed by atoms with Crippen molar-refractivity contribution in [3.8, 4) is 5.75 Å². The molecule has 0 aliphatic carbocycles. The quantitative estimate of drug-likeness (QED) is 0.928. The molecule has 2 rings (SSSR count). The lowest BCUT2D eigenvalue weighted by Gasteiger charge is -2.14. The lowest BCUT2D eigenvalue weighted by molar-refractivity contribution is 0.288. The Hall–Kier alpha value is -1.40. The summed E-state index contributed by atoms with van der Waals surface area (Å²) in [6.45, 7) is 4.04. The Morgan fingerprint density at radius 3 is 2.75 bits per heavy atom. The molecule has 0 aliphatic rings. The smallest absolute Gasteiger partial charge is 0.131 e. The maximum atomic E-state index is 13.4. The van der Waals surface area contributed by atoms with E-state index in [2.05, 4.69) is 21.0 Å². The summed E-state index contributed by atoms with van der Waals surface area (Å²) in [5.74, 6) is 0.121. The molecule has 0 amide bonds. The van der Waals surface area contributed by atoms with Crippen LogP contribution in [-0.4, -0.2) is 9.78 Å². The lowest BCUT2D eigenvalue weighted by Crippen LogP contribution is -2.10. The highest BCUT2D eigenvalue weighted by molar-refractivity contribution is 9.10. The van der Waals surface area contributed by atoms with Crippen LogP contribution in [0.4, 0.5) is 4.39 Å². The Kier molecular flexibility index (Phi) is 4.45. The minimum atomic E-state index is -0.343. The zero-order chi connectivity index (χ0) is 14.9. The first-order valence-electron chi connectivity index (χ1n) is 6.26. The molecule has 0 spiro atoms. The SMILES string of the molecule is Cc1nn(C)c(COc2cc(F)ccc2C(C)N)c1Br. The number of nitrogens with zero attached hydrogens (tertiary/aromatic N) is 2. The molecule has 0 fully saturated rings. The van der Waals surface area contributed by atoms with E-state index in [0.29, 0.717) is 12.4 Å². The van der Waals surface area contributed by atoms with E-state index in [1.54, 1.807) is 10.7 Å². The zero-order valence-electron chi connectivity index (χ0n) is 11.7. The molecule has 1 aromatic carbocycles. The number of aryl methyl sites for hydroxylation is 2. The van der Waals surface area contributed by atoms with E-state index in [1.807, 2.05) is 20.9 Å². The van der Waals surface area contributed by atoms with E-state index in [1.165, 1.54) is 12.1 Å². The van der Waals surface area contributed by atoms with Crippen molar-refractivity contribution in [1.82, 2.24) is 9.78 Å². The highest BCUT2D eigenvalue weighted by Crippen LogP contribution is 2.27. The van der Waals surface area contributed by atoms with E-state index >= 15 is 0 Å². The van der Waals surface area contributed by atoms with Crippen molar-refractivity contribution < 1.29 is 9.13 Å². The molecule has 0 aliphatic heterocycles. The molecular formula is C14H17BrFN3O. The number of benzene rings is 1. The second-order valence-corrected chi connectivity index (χ2v) is 5.52. The maximum absolute atomic E-state index is 13.4. The number of halogens is 2. The first-order valence-corrected chi connectivity index (χ1v) is 7.05. The molecule has 1 aromatic heterocycles. The van der Waals surface area contributed by atoms with Crippen molar-refractivity contribution in [2.45, 2.75) is 26.5 Å². The molecule has 0 saturated heterocycles. The third-order valence-electron chi connectivity index (χ3n) is 3.09. The molecule has 2 N–H and O–H groups in total. The summed E-state index contributed by atoms with van der Waals surface area (Å²) in [5.41, 5.74) is 8.43. The van der Waals surface area contributed by atoms with Crippen LogP contribution in [0.3, 0.4) is 0 Å². The molecular weight excluding hydrogens is 325 g/mol. The van der Waals surface area contributed by atoms with Gasteiger partial charge in [-0.3, -0.25) is 4.68 Å². The normalized spacial score (nSPS) is 12.5. The highest BCUT2D eigenvalue weighted by Gasteiger charge is 2.14. The van der Waals surface area contributed by atoms with Crippen LogP contribution in [0.25, 0.3) is 0 Å². The predicted molar refractivity (Wildman–Crippen MR) is 79.0 cm³/mol. The average Bonchev–Trinajstić information content (AvgIpc) is 2.61. The summed E-state index contributed by atoms with van der Waals surface area (Å²) in [5, 5.41) is 4.29. The minimum Gasteiger partial charge on any atom is -0.487 e. The van der Waals surface area contributed by atoms with Crippen LogP contribution in [0.15, 0.2) is 22.7 Å². The predicted octanol–water partition coefficient (Wildman–Crippen LogP) is 3.23. The van der Waals surface area contributed by atoms with Crippen LogP contribution in [-0.2, 0) is 13.7 Å². The number of ether oxygens (including phenoxy) is 1. The highest BCUT2D eigenvalue weighted by atomic mass is 79.9. The first-order chi connectivity index (χ1) is 9.40. The van der Waals surface area contributed by atoms with Crippen LogP contribution >= 0.6 is 15.9 Å². The number of aromatic nitrogens is 2. The summed E-state index contributed by atoms with van der Waals surface area (Å²) in [6.07, 6.45) is 0. The molecule has 0 bridgehead atoms. The van der Waals surface area contributed by atoms with Crippen LogP contribution in [0, 0.1) is 12.7 Å². The van der Waals surface area contributed by atoms with Gasteiger partial charge < -0.3 is 10.5 Å². The van der Waals surface area contributed by atoms with Crippen LogP contribution in [0.2, 0.25) is 0 Å². The van der Waals surface area contributed by atoms with Gasteiger partial charge in [0, 0.05) is 24.7 Å². The average molecular weight is 342 g/mol. The fraction of sp³-hybridized carbons (Fsp3) is 0.357. The van der Waals surface area contributed by atoms with Gasteiger partial charge in [-0.05, 0) is 35.8 Å². The monoisotopic (exact) mass is 341 g/mol. The van der Waals surface area contributed by atoms with Gasteiger partial charge in [0.1, 0.15) is 18.2 Å². The minimum absolute atomic E-state index is 0.220. The first kappa shape index (κ1) is 15.0. The number of hydrogen-bond acceptors (Lipinski definition) is 3. The standard InChI is InChI=1S/C14H17BrFN3O/c1-8(17)11-5-4-10(16)6-13(11)20-7-12-14(15)9(2)18-19(12)3/h4-6,8H,7,17H2,1-3H3. The topological polar surface area (TPSA) is 53.1 Å². The van der Waals surface area contributed by atoms with E-state index < -0.39 is 0 Å². The maximum Gasteiger partial charge on any atom is 0.131 e. The van der Waals surface area contributed by atoms with Crippen LogP contribution < -0.4 is 10.5 Å². The van der Waals surface area contributed by atoms with Gasteiger partial charge in [-0.2, -0.15) is 5.10 Å². The largest absolute Gasteiger partial charge is 0.487 e. The second-order valence-electron chi connectivity index (χ2n) is 4.73. The number of nitrogens with two attached hydrogens (primary N) is 1. The van der Waals surface area contributed by atoms with E-state index in [4.69, 9.17) is 10.5 Å². The molecule has 0 radical (unpaired) electrons. The molecule has 1 unspecified atom stereocenters. The van der Waals surface area contributed by atoms with E-state index in [-0.39, 0.29) is 11.9 Å². The van der Waals surface area contributed by atoms with Gasteiger partial charge in [-0.25, -0.2) is 4.39 Å². The van der Waals surface area contributed by atoms with Gasteiger partial charge in [0.05, 0.1) is 15.9 Å². The Bertz CT molecular complexity index is 625. The van der Waals surface area contributed by atoms with Gasteiger partial charge in [-0.15, -0.1) is 0 Å². The Morgan fingerprint density at radius 2 is 2.20 bits per heavy atom. The molecule has 1 heterocycles. The van der Waals surface area contributed by atoms with Gasteiger partial charge in [0.15, 0.2) is 0 Å². The lowest BCUT2D eigenvalue weighted by atomic mass is 10.1. The molecule has 0 saturated carbocycles. The Morgan fingerprint density at radius 1 is 1.50 bits per heavy atom. The van der Waals surface area contributed by atoms with Crippen LogP contribution in [0.1, 0.15) is 29.9 Å². The number of rotatable bonds is 4. The third-order valence-corrected chi connectivity index (χ3v) is 4.12. The second kappa shape index (κ2) is 5.93. The fourth-order valence-corrected chi connectivity index (χ4v) is 2.44. The molecule has 2 aromatic rings. The fourth-order valence-electron chi connectivity index (χ4n) is 1.99. The van der Waals surface area contributed by atoms with Crippen molar-refractivity contribution in [3.63, 3.8) is 0 Å². The summed E-state index contributed by atoms with van der Waals surface area (Å²) in [4.78, 5) is 0. The summed E-state index contributed by atoms with van der Waals surface area (Å²) in [6, 6.07) is 4.17. The molecule has 108 valence electrons. The zero-order valence-corrected chi connectivity index (χ0v) is 13.2. The number of hydrogen-bond donors (Lipinski definition) is 1. The van der Waals surface area contributed by atoms with E-state index in [0.717, 1.165) is 21.4 Å². The van der Waals surface area contributed by atoms with Gasteiger partial charge >= 0.3 is 0 Å². The summed E-state index contributed by atoms with van der Waals surface area (Å²) in [7, 11) is 1.84. The van der Waals surface area contributed by atoms with Gasteiger partial charge in [0.2, 0.25) is 0 Å². The van der Waals surface area contributed by atoms with Gasteiger partial charge in [-0.1, -0.05) is 6.07 Å². The summed E-state index contributed by atoms with van der Waals surface area (Å²) < 4.78 is 21.7. The molecule has 1 atom stereocenters. The van der Waals surface area contributed by atoms with Gasteiger partial charge in [0.25, 0.3) is 0 Å². The summed E-state index contributed by atoms with van der Waals surface area (Å²) >= 11 is 3.47. The van der Waals surface area contributed by atoms with Crippen molar-refractivity contribution in [2.75, 3.05) is 0 Å². The third kappa shape index (κ3) is 3.02. The Balaban J connectivity index is 2.24. The molecule has 4 nitrogen and oxygen atoms in total. The van der Waals surface area contributed by atoms with E-state index in [9.17, 15) is 4.39 Å². The Labute approximate surface area is 125 Å². The molecule has 6 heteroatoms.